The van der Waals surface area contributed by atoms with Gasteiger partial charge in [0.2, 0.25) is 5.91 Å². The molecule has 1 N–H and O–H groups in total. The fourth-order valence-corrected chi connectivity index (χ4v) is 1.95. The van der Waals surface area contributed by atoms with Crippen molar-refractivity contribution in [1.29, 1.82) is 0 Å². The van der Waals surface area contributed by atoms with Gasteiger partial charge in [-0.25, -0.2) is 9.18 Å². The van der Waals surface area contributed by atoms with Crippen molar-refractivity contribution < 1.29 is 18.7 Å². The summed E-state index contributed by atoms with van der Waals surface area (Å²) in [5.74, 6) is -0.758. The second kappa shape index (κ2) is 8.78. The first-order chi connectivity index (χ1) is 11.9. The molecule has 0 aromatic heterocycles. The maximum atomic E-state index is 12.8. The Morgan fingerprint density at radius 3 is 2.32 bits per heavy atom. The van der Waals surface area contributed by atoms with Crippen LogP contribution in [0.5, 0.6) is 0 Å². The highest BCUT2D eigenvalue weighted by Gasteiger charge is 2.08. The summed E-state index contributed by atoms with van der Waals surface area (Å²) in [5.41, 5.74) is 1.72. The molecule has 0 atom stereocenters. The van der Waals surface area contributed by atoms with Crippen molar-refractivity contribution in [3.63, 3.8) is 0 Å². The Hall–Kier alpha value is -2.95. The van der Waals surface area contributed by atoms with Gasteiger partial charge < -0.3 is 10.1 Å². The highest BCUT2D eigenvalue weighted by Crippen LogP contribution is 2.12. The number of esters is 1. The standard InChI is InChI=1S/C20H20FNO3/c1-14(2)13-25-20(24)16-6-10-18(11-7-16)22-19(23)12-5-15-3-8-17(21)9-4-15/h3-12,14H,13H2,1-2H3,(H,22,23). The molecule has 2 aromatic carbocycles. The highest BCUT2D eigenvalue weighted by atomic mass is 19.1. The van der Waals surface area contributed by atoms with Crippen LogP contribution in [0.25, 0.3) is 6.08 Å². The third kappa shape index (κ3) is 6.22. The molecule has 2 aromatic rings. The van der Waals surface area contributed by atoms with Crippen molar-refractivity contribution in [2.24, 2.45) is 5.92 Å². The topological polar surface area (TPSA) is 55.4 Å². The molecule has 0 saturated heterocycles. The summed E-state index contributed by atoms with van der Waals surface area (Å²) in [7, 11) is 0. The number of carbonyl (C=O) groups excluding carboxylic acids is 2. The summed E-state index contributed by atoms with van der Waals surface area (Å²) >= 11 is 0. The molecule has 0 radical (unpaired) electrons. The molecular formula is C20H20FNO3. The molecule has 0 unspecified atom stereocenters. The zero-order valence-corrected chi connectivity index (χ0v) is 14.2. The number of carbonyl (C=O) groups is 2. The molecule has 2 rings (SSSR count). The predicted molar refractivity (Wildman–Crippen MR) is 95.6 cm³/mol. The zero-order valence-electron chi connectivity index (χ0n) is 14.2. The molecule has 0 heterocycles. The number of hydrogen-bond donors (Lipinski definition) is 1. The smallest absolute Gasteiger partial charge is 0.338 e. The number of nitrogens with one attached hydrogen (secondary N) is 1. The summed E-state index contributed by atoms with van der Waals surface area (Å²) < 4.78 is 18.0. The van der Waals surface area contributed by atoms with E-state index in [1.807, 2.05) is 13.8 Å². The van der Waals surface area contributed by atoms with E-state index < -0.39 is 0 Å². The molecule has 4 nitrogen and oxygen atoms in total. The molecule has 0 bridgehead atoms. The first-order valence-corrected chi connectivity index (χ1v) is 7.96. The molecule has 0 aliphatic rings. The lowest BCUT2D eigenvalue weighted by Crippen LogP contribution is -2.11. The van der Waals surface area contributed by atoms with Gasteiger partial charge >= 0.3 is 5.97 Å². The third-order valence-corrected chi connectivity index (χ3v) is 3.23. The van der Waals surface area contributed by atoms with Crippen LogP contribution >= 0.6 is 0 Å². The second-order valence-electron chi connectivity index (χ2n) is 5.94. The van der Waals surface area contributed by atoms with Crippen molar-refractivity contribution in [3.8, 4) is 0 Å². The Bertz CT molecular complexity index is 750. The van der Waals surface area contributed by atoms with Crippen molar-refractivity contribution >= 4 is 23.6 Å². The van der Waals surface area contributed by atoms with Crippen LogP contribution in [0, 0.1) is 11.7 Å². The predicted octanol–water partition coefficient (Wildman–Crippen LogP) is 4.29. The normalized spacial score (nSPS) is 10.9. The van der Waals surface area contributed by atoms with E-state index in [-0.39, 0.29) is 23.6 Å². The lowest BCUT2D eigenvalue weighted by molar-refractivity contribution is -0.111. The van der Waals surface area contributed by atoms with E-state index in [2.05, 4.69) is 5.32 Å². The lowest BCUT2D eigenvalue weighted by atomic mass is 10.2. The Balaban J connectivity index is 1.90. The van der Waals surface area contributed by atoms with Gasteiger partial charge in [0, 0.05) is 11.8 Å². The molecule has 25 heavy (non-hydrogen) atoms. The Morgan fingerprint density at radius 1 is 1.08 bits per heavy atom. The fraction of sp³-hybridized carbons (Fsp3) is 0.200. The molecule has 5 heteroatoms. The Labute approximate surface area is 146 Å². The molecular weight excluding hydrogens is 321 g/mol. The van der Waals surface area contributed by atoms with E-state index in [1.165, 1.54) is 18.2 Å². The van der Waals surface area contributed by atoms with Gasteiger partial charge in [0.25, 0.3) is 0 Å². The van der Waals surface area contributed by atoms with Crippen LogP contribution in [0.15, 0.2) is 54.6 Å². The number of benzene rings is 2. The number of anilines is 1. The molecule has 1 amide bonds. The first kappa shape index (κ1) is 18.4. The van der Waals surface area contributed by atoms with Crippen LogP contribution < -0.4 is 5.32 Å². The molecule has 130 valence electrons. The second-order valence-corrected chi connectivity index (χ2v) is 5.94. The molecule has 0 spiro atoms. The molecule has 0 saturated carbocycles. The van der Waals surface area contributed by atoms with Crippen molar-refractivity contribution in [3.05, 3.63) is 71.6 Å². The Kier molecular flexibility index (Phi) is 6.46. The van der Waals surface area contributed by atoms with Crippen molar-refractivity contribution in [1.82, 2.24) is 0 Å². The van der Waals surface area contributed by atoms with Gasteiger partial charge in [-0.05, 0) is 54.0 Å². The largest absolute Gasteiger partial charge is 0.462 e. The third-order valence-electron chi connectivity index (χ3n) is 3.23. The molecule has 0 fully saturated rings. The summed E-state index contributed by atoms with van der Waals surface area (Å²) in [5, 5.41) is 2.69. The average molecular weight is 341 g/mol. The van der Waals surface area contributed by atoms with Gasteiger partial charge in [0.1, 0.15) is 5.82 Å². The lowest BCUT2D eigenvalue weighted by Gasteiger charge is -2.08. The van der Waals surface area contributed by atoms with Crippen LogP contribution in [-0.4, -0.2) is 18.5 Å². The summed E-state index contributed by atoms with van der Waals surface area (Å²) in [6.45, 7) is 4.29. The van der Waals surface area contributed by atoms with E-state index in [1.54, 1.807) is 42.5 Å². The van der Waals surface area contributed by atoms with E-state index in [0.717, 1.165) is 5.56 Å². The fourth-order valence-electron chi connectivity index (χ4n) is 1.95. The number of halogens is 1. The average Bonchev–Trinajstić information content (AvgIpc) is 2.60. The van der Waals surface area contributed by atoms with Crippen LogP contribution in [0.4, 0.5) is 10.1 Å². The zero-order chi connectivity index (χ0) is 18.2. The molecule has 0 aliphatic carbocycles. The van der Waals surface area contributed by atoms with Crippen LogP contribution in [-0.2, 0) is 9.53 Å². The minimum Gasteiger partial charge on any atom is -0.462 e. The van der Waals surface area contributed by atoms with Gasteiger partial charge in [-0.1, -0.05) is 26.0 Å². The number of hydrogen-bond acceptors (Lipinski definition) is 3. The van der Waals surface area contributed by atoms with Gasteiger partial charge in [-0.2, -0.15) is 0 Å². The number of ether oxygens (including phenoxy) is 1. The van der Waals surface area contributed by atoms with E-state index in [0.29, 0.717) is 17.9 Å². The minimum absolute atomic E-state index is 0.274. The minimum atomic E-state index is -0.386. The summed E-state index contributed by atoms with van der Waals surface area (Å²) in [4.78, 5) is 23.7. The van der Waals surface area contributed by atoms with Gasteiger partial charge in [-0.15, -0.1) is 0 Å². The van der Waals surface area contributed by atoms with E-state index in [9.17, 15) is 14.0 Å². The van der Waals surface area contributed by atoms with Crippen LogP contribution in [0.3, 0.4) is 0 Å². The maximum Gasteiger partial charge on any atom is 0.338 e. The summed E-state index contributed by atoms with van der Waals surface area (Å²) in [6.07, 6.45) is 2.95. The summed E-state index contributed by atoms with van der Waals surface area (Å²) in [6, 6.07) is 12.3. The Morgan fingerprint density at radius 2 is 1.72 bits per heavy atom. The highest BCUT2D eigenvalue weighted by molar-refractivity contribution is 6.02. The van der Waals surface area contributed by atoms with Gasteiger partial charge in [-0.3, -0.25) is 4.79 Å². The molecule has 0 aliphatic heterocycles. The van der Waals surface area contributed by atoms with E-state index >= 15 is 0 Å². The van der Waals surface area contributed by atoms with Gasteiger partial charge in [0.15, 0.2) is 0 Å². The van der Waals surface area contributed by atoms with Crippen molar-refractivity contribution in [2.75, 3.05) is 11.9 Å². The monoisotopic (exact) mass is 341 g/mol. The first-order valence-electron chi connectivity index (χ1n) is 7.96. The van der Waals surface area contributed by atoms with Crippen molar-refractivity contribution in [2.45, 2.75) is 13.8 Å². The maximum absolute atomic E-state index is 12.8. The quantitative estimate of drug-likeness (QED) is 0.630. The number of rotatable bonds is 6. The van der Waals surface area contributed by atoms with Crippen LogP contribution in [0.1, 0.15) is 29.8 Å². The van der Waals surface area contributed by atoms with Crippen LogP contribution in [0.2, 0.25) is 0 Å². The van der Waals surface area contributed by atoms with E-state index in [4.69, 9.17) is 4.74 Å². The van der Waals surface area contributed by atoms with Gasteiger partial charge in [0.05, 0.1) is 12.2 Å². The SMILES string of the molecule is CC(C)COC(=O)c1ccc(NC(=O)C=Cc2ccc(F)cc2)cc1. The number of amides is 1.